The molecule has 78 valence electrons. The van der Waals surface area contributed by atoms with E-state index in [0.29, 0.717) is 0 Å². The van der Waals surface area contributed by atoms with E-state index < -0.39 is 0 Å². The molecule has 1 aromatic heterocycles. The number of rotatable bonds is 5. The first-order valence-electron chi connectivity index (χ1n) is 4.67. The van der Waals surface area contributed by atoms with Crippen LogP contribution in [0, 0.1) is 0 Å². The van der Waals surface area contributed by atoms with E-state index in [1.807, 2.05) is 30.9 Å². The predicted molar refractivity (Wildman–Crippen MR) is 59.4 cm³/mol. The molecule has 14 heavy (non-hydrogen) atoms. The van der Waals surface area contributed by atoms with Gasteiger partial charge in [0.05, 0.1) is 5.69 Å². The Morgan fingerprint density at radius 1 is 1.71 bits per heavy atom. The number of halogens is 1. The fourth-order valence-electron chi connectivity index (χ4n) is 1.14. The normalized spacial score (nSPS) is 12.1. The molecule has 0 aliphatic heterocycles. The van der Waals surface area contributed by atoms with Crippen LogP contribution in [-0.4, -0.2) is 22.9 Å². The molecule has 1 rings (SSSR count). The smallest absolute Gasteiger partial charge is 0.0637 e. The first kappa shape index (κ1) is 11.3. The van der Waals surface area contributed by atoms with Gasteiger partial charge >= 0.3 is 0 Å². The van der Waals surface area contributed by atoms with E-state index in [0.717, 1.165) is 30.8 Å². The van der Waals surface area contributed by atoms with Gasteiger partial charge in [-0.15, -0.1) is 0 Å². The van der Waals surface area contributed by atoms with Crippen LogP contribution in [0.3, 0.4) is 0 Å². The van der Waals surface area contributed by atoms with Crippen LogP contribution in [-0.2, 0) is 13.5 Å². The summed E-state index contributed by atoms with van der Waals surface area (Å²) in [6.45, 7) is 3.77. The number of nitrogens with zero attached hydrogens (tertiary/aromatic N) is 2. The summed E-state index contributed by atoms with van der Waals surface area (Å²) in [6.07, 6.45) is 2.91. The Bertz CT molecular complexity index is 304. The van der Waals surface area contributed by atoms with E-state index in [9.17, 15) is 0 Å². The van der Waals surface area contributed by atoms with Gasteiger partial charge in [0.2, 0.25) is 0 Å². The zero-order valence-corrected chi connectivity index (χ0v) is 9.38. The summed E-state index contributed by atoms with van der Waals surface area (Å²) in [6, 6.07) is 2.03. The SMILES string of the molecule is C/C(=C/Cl)CNCCc1ccn(C)n1. The van der Waals surface area contributed by atoms with E-state index in [2.05, 4.69) is 10.4 Å². The van der Waals surface area contributed by atoms with E-state index in [-0.39, 0.29) is 0 Å². The first-order chi connectivity index (χ1) is 6.72. The average molecular weight is 214 g/mol. The molecule has 0 aliphatic carbocycles. The molecule has 0 atom stereocenters. The lowest BCUT2D eigenvalue weighted by Crippen LogP contribution is -2.19. The van der Waals surface area contributed by atoms with Gasteiger partial charge in [-0.25, -0.2) is 0 Å². The molecule has 0 aromatic carbocycles. The van der Waals surface area contributed by atoms with Crippen molar-refractivity contribution in [3.63, 3.8) is 0 Å². The van der Waals surface area contributed by atoms with Crippen molar-refractivity contribution in [2.24, 2.45) is 7.05 Å². The van der Waals surface area contributed by atoms with E-state index in [1.165, 1.54) is 0 Å². The summed E-state index contributed by atoms with van der Waals surface area (Å²) in [5.41, 5.74) is 3.87. The summed E-state index contributed by atoms with van der Waals surface area (Å²) in [5, 5.41) is 7.58. The van der Waals surface area contributed by atoms with Gasteiger partial charge in [-0.05, 0) is 18.6 Å². The summed E-state index contributed by atoms with van der Waals surface area (Å²) >= 11 is 5.53. The maximum atomic E-state index is 5.53. The molecule has 0 unspecified atom stereocenters. The van der Waals surface area contributed by atoms with Gasteiger partial charge in [-0.1, -0.05) is 11.6 Å². The highest BCUT2D eigenvalue weighted by molar-refractivity contribution is 6.25. The Hall–Kier alpha value is -0.800. The van der Waals surface area contributed by atoms with Gasteiger partial charge in [-0.3, -0.25) is 4.68 Å². The second-order valence-electron chi connectivity index (χ2n) is 3.36. The molecule has 1 heterocycles. The lowest BCUT2D eigenvalue weighted by atomic mass is 10.3. The molecule has 4 heteroatoms. The standard InChI is InChI=1S/C10H16ClN3/c1-9(7-11)8-12-5-3-10-4-6-14(2)13-10/h4,6-7,12H,3,5,8H2,1-2H3/b9-7-. The van der Waals surface area contributed by atoms with E-state index >= 15 is 0 Å². The Kier molecular flexibility index (Phi) is 4.70. The third-order valence-electron chi connectivity index (χ3n) is 1.92. The lowest BCUT2D eigenvalue weighted by Gasteiger charge is -2.02. The van der Waals surface area contributed by atoms with Crippen molar-refractivity contribution in [3.05, 3.63) is 29.1 Å². The molecule has 0 radical (unpaired) electrons. The van der Waals surface area contributed by atoms with Crippen molar-refractivity contribution >= 4 is 11.6 Å². The minimum absolute atomic E-state index is 0.844. The van der Waals surface area contributed by atoms with Gasteiger partial charge in [0.15, 0.2) is 0 Å². The molecular weight excluding hydrogens is 198 g/mol. The van der Waals surface area contributed by atoms with Crippen molar-refractivity contribution in [1.82, 2.24) is 15.1 Å². The van der Waals surface area contributed by atoms with Crippen molar-refractivity contribution < 1.29 is 0 Å². The fourth-order valence-corrected chi connectivity index (χ4v) is 1.21. The first-order valence-corrected chi connectivity index (χ1v) is 5.11. The summed E-state index contributed by atoms with van der Waals surface area (Å²) in [4.78, 5) is 0. The van der Waals surface area contributed by atoms with Crippen LogP contribution in [0.2, 0.25) is 0 Å². The third kappa shape index (κ3) is 3.94. The summed E-state index contributed by atoms with van der Waals surface area (Å²) in [7, 11) is 1.93. The van der Waals surface area contributed by atoms with Gasteiger partial charge in [-0.2, -0.15) is 5.10 Å². The number of hydrogen-bond acceptors (Lipinski definition) is 2. The van der Waals surface area contributed by atoms with Crippen molar-refractivity contribution in [3.8, 4) is 0 Å². The van der Waals surface area contributed by atoms with Crippen LogP contribution in [0.1, 0.15) is 12.6 Å². The van der Waals surface area contributed by atoms with Crippen LogP contribution in [0.25, 0.3) is 0 Å². The Morgan fingerprint density at radius 3 is 3.07 bits per heavy atom. The minimum Gasteiger partial charge on any atom is -0.313 e. The molecule has 0 amide bonds. The van der Waals surface area contributed by atoms with Crippen LogP contribution < -0.4 is 5.32 Å². The van der Waals surface area contributed by atoms with Crippen LogP contribution in [0.15, 0.2) is 23.4 Å². The van der Waals surface area contributed by atoms with Crippen molar-refractivity contribution in [2.75, 3.05) is 13.1 Å². The Morgan fingerprint density at radius 2 is 2.50 bits per heavy atom. The van der Waals surface area contributed by atoms with Gasteiger partial charge in [0.25, 0.3) is 0 Å². The number of nitrogens with one attached hydrogen (secondary N) is 1. The fraction of sp³-hybridized carbons (Fsp3) is 0.500. The molecular formula is C10H16ClN3. The second-order valence-corrected chi connectivity index (χ2v) is 3.58. The molecule has 0 fully saturated rings. The zero-order chi connectivity index (χ0) is 10.4. The van der Waals surface area contributed by atoms with E-state index in [4.69, 9.17) is 11.6 Å². The summed E-state index contributed by atoms with van der Waals surface area (Å²) < 4.78 is 1.82. The van der Waals surface area contributed by atoms with Crippen molar-refractivity contribution in [2.45, 2.75) is 13.3 Å². The number of aromatic nitrogens is 2. The van der Waals surface area contributed by atoms with Gasteiger partial charge in [0, 0.05) is 38.3 Å². The topological polar surface area (TPSA) is 29.9 Å². The van der Waals surface area contributed by atoms with Crippen LogP contribution in [0.4, 0.5) is 0 Å². The molecule has 0 saturated heterocycles. The molecule has 0 spiro atoms. The number of hydrogen-bond donors (Lipinski definition) is 1. The summed E-state index contributed by atoms with van der Waals surface area (Å²) in [5.74, 6) is 0. The van der Waals surface area contributed by atoms with Crippen molar-refractivity contribution in [1.29, 1.82) is 0 Å². The maximum Gasteiger partial charge on any atom is 0.0637 e. The Labute approximate surface area is 89.8 Å². The molecule has 1 aromatic rings. The van der Waals surface area contributed by atoms with E-state index in [1.54, 1.807) is 5.54 Å². The number of aryl methyl sites for hydroxylation is 1. The molecule has 0 saturated carbocycles. The highest BCUT2D eigenvalue weighted by atomic mass is 35.5. The van der Waals surface area contributed by atoms with Gasteiger partial charge < -0.3 is 5.32 Å². The van der Waals surface area contributed by atoms with Gasteiger partial charge in [0.1, 0.15) is 0 Å². The molecule has 3 nitrogen and oxygen atoms in total. The average Bonchev–Trinajstić information content (AvgIpc) is 2.58. The molecule has 0 bridgehead atoms. The maximum absolute atomic E-state index is 5.53. The lowest BCUT2D eigenvalue weighted by molar-refractivity contribution is 0.692. The highest BCUT2D eigenvalue weighted by Gasteiger charge is 1.95. The zero-order valence-electron chi connectivity index (χ0n) is 8.63. The largest absolute Gasteiger partial charge is 0.313 e. The van der Waals surface area contributed by atoms with Crippen LogP contribution >= 0.6 is 11.6 Å². The van der Waals surface area contributed by atoms with Crippen LogP contribution in [0.5, 0.6) is 0 Å². The predicted octanol–water partition coefficient (Wildman–Crippen LogP) is 1.69. The highest BCUT2D eigenvalue weighted by Crippen LogP contribution is 1.95. The molecule has 0 aliphatic rings. The Balaban J connectivity index is 2.16. The minimum atomic E-state index is 0.844. The third-order valence-corrected chi connectivity index (χ3v) is 2.29. The monoisotopic (exact) mass is 213 g/mol. The second kappa shape index (κ2) is 5.83. The quantitative estimate of drug-likeness (QED) is 0.755. The molecule has 1 N–H and O–H groups in total.